The van der Waals surface area contributed by atoms with Crippen molar-refractivity contribution >= 4 is 11.9 Å². The van der Waals surface area contributed by atoms with E-state index in [0.29, 0.717) is 5.69 Å². The van der Waals surface area contributed by atoms with E-state index in [1.807, 2.05) is 6.07 Å². The van der Waals surface area contributed by atoms with Crippen molar-refractivity contribution in [3.63, 3.8) is 0 Å². The average Bonchev–Trinajstić information content (AvgIpc) is 2.40. The number of rotatable bonds is 0. The first kappa shape index (κ1) is 9.06. The van der Waals surface area contributed by atoms with Gasteiger partial charge in [0.25, 0.3) is 0 Å². The predicted octanol–water partition coefficient (Wildman–Crippen LogP) is 0.260. The molecular weight excluding hydrogens is 172 g/mol. The average molecular weight is 180 g/mol. The molecule has 1 aromatic heterocycles. The summed E-state index contributed by atoms with van der Waals surface area (Å²) in [5.74, 6) is 0.00634. The summed E-state index contributed by atoms with van der Waals surface area (Å²) in [6.45, 7) is 1.59. The first-order valence-electron chi connectivity index (χ1n) is 3.45. The molecule has 0 bridgehead atoms. The number of ether oxygens (including phenoxy) is 1. The minimum Gasteiger partial charge on any atom is -0.451 e. The van der Waals surface area contributed by atoms with Gasteiger partial charge >= 0.3 is 6.09 Å². The lowest BCUT2D eigenvalue weighted by molar-refractivity contribution is 0.169. The molecule has 1 heterocycles. The zero-order chi connectivity index (χ0) is 10.0. The van der Waals surface area contributed by atoms with Gasteiger partial charge in [0.05, 0.1) is 12.8 Å². The van der Waals surface area contributed by atoms with Gasteiger partial charge in [0.15, 0.2) is 5.82 Å². The number of carbonyl (C=O) groups excluding carboxylic acids is 1. The number of aromatic nitrogens is 2. The molecule has 13 heavy (non-hydrogen) atoms. The number of hydrogen-bond donors (Lipinski definition) is 1. The topological polar surface area (TPSA) is 93.9 Å². The second-order valence-corrected chi connectivity index (χ2v) is 2.34. The number of nitrogens with two attached hydrogens (primary N) is 1. The molecule has 0 amide bonds. The van der Waals surface area contributed by atoms with E-state index in [9.17, 15) is 4.79 Å². The number of aryl methyl sites for hydroxylation is 1. The van der Waals surface area contributed by atoms with E-state index in [1.165, 1.54) is 7.11 Å². The second-order valence-electron chi connectivity index (χ2n) is 2.34. The van der Waals surface area contributed by atoms with Crippen LogP contribution in [0.3, 0.4) is 0 Å². The maximum Gasteiger partial charge on any atom is 0.436 e. The highest BCUT2D eigenvalue weighted by Crippen LogP contribution is 2.14. The zero-order valence-electron chi connectivity index (χ0n) is 7.24. The zero-order valence-corrected chi connectivity index (χ0v) is 7.24. The van der Waals surface area contributed by atoms with E-state index < -0.39 is 6.09 Å². The van der Waals surface area contributed by atoms with Crippen LogP contribution < -0.4 is 5.73 Å². The lowest BCUT2D eigenvalue weighted by atomic mass is 10.3. The fourth-order valence-corrected chi connectivity index (χ4v) is 0.909. The van der Waals surface area contributed by atoms with E-state index in [0.717, 1.165) is 4.68 Å². The van der Waals surface area contributed by atoms with Gasteiger partial charge in [0.2, 0.25) is 0 Å². The van der Waals surface area contributed by atoms with Gasteiger partial charge in [-0.15, -0.1) is 4.68 Å². The quantitative estimate of drug-likeness (QED) is 0.618. The van der Waals surface area contributed by atoms with E-state index >= 15 is 0 Å². The smallest absolute Gasteiger partial charge is 0.436 e. The highest BCUT2D eigenvalue weighted by molar-refractivity contribution is 5.75. The summed E-state index contributed by atoms with van der Waals surface area (Å²) in [6, 6.07) is 1.85. The standard InChI is InChI=1S/C7H8N4O2/c1-4-5(3-8)6(9)11(10-4)7(12)13-2/h9H2,1-2H3. The van der Waals surface area contributed by atoms with Crippen LogP contribution >= 0.6 is 0 Å². The Morgan fingerprint density at radius 3 is 2.77 bits per heavy atom. The highest BCUT2D eigenvalue weighted by atomic mass is 16.5. The molecule has 6 nitrogen and oxygen atoms in total. The van der Waals surface area contributed by atoms with Gasteiger partial charge in [-0.1, -0.05) is 0 Å². The Morgan fingerprint density at radius 1 is 1.77 bits per heavy atom. The van der Waals surface area contributed by atoms with Crippen LogP contribution in [0, 0.1) is 18.3 Å². The molecule has 6 heteroatoms. The van der Waals surface area contributed by atoms with Crippen molar-refractivity contribution in [3.05, 3.63) is 11.3 Å². The number of nitriles is 1. The van der Waals surface area contributed by atoms with Crippen molar-refractivity contribution in [1.82, 2.24) is 9.78 Å². The molecule has 0 saturated heterocycles. The number of carbonyl (C=O) groups is 1. The van der Waals surface area contributed by atoms with E-state index in [4.69, 9.17) is 11.0 Å². The Bertz CT molecular complexity index is 388. The first-order valence-corrected chi connectivity index (χ1v) is 3.45. The van der Waals surface area contributed by atoms with Crippen molar-refractivity contribution < 1.29 is 9.53 Å². The van der Waals surface area contributed by atoms with Crippen molar-refractivity contribution in [2.45, 2.75) is 6.92 Å². The van der Waals surface area contributed by atoms with E-state index in [2.05, 4.69) is 9.84 Å². The summed E-state index contributed by atoms with van der Waals surface area (Å²) in [4.78, 5) is 11.0. The Labute approximate surface area is 74.5 Å². The fourth-order valence-electron chi connectivity index (χ4n) is 0.909. The van der Waals surface area contributed by atoms with Crippen molar-refractivity contribution in [2.24, 2.45) is 0 Å². The lowest BCUT2D eigenvalue weighted by Gasteiger charge is -1.98. The summed E-state index contributed by atoms with van der Waals surface area (Å²) in [5, 5.41) is 12.4. The minimum absolute atomic E-state index is 0.00634. The minimum atomic E-state index is -0.706. The maximum absolute atomic E-state index is 11.0. The fraction of sp³-hybridized carbons (Fsp3) is 0.286. The molecule has 2 N–H and O–H groups in total. The summed E-state index contributed by atoms with van der Waals surface area (Å²) in [6.07, 6.45) is -0.706. The van der Waals surface area contributed by atoms with Gasteiger partial charge in [0, 0.05) is 0 Å². The van der Waals surface area contributed by atoms with Gasteiger partial charge in [-0.2, -0.15) is 10.4 Å². The lowest BCUT2D eigenvalue weighted by Crippen LogP contribution is -2.15. The number of nitrogen functional groups attached to an aromatic ring is 1. The molecule has 0 unspecified atom stereocenters. The Morgan fingerprint density at radius 2 is 2.38 bits per heavy atom. The van der Waals surface area contributed by atoms with Crippen LogP contribution in [-0.4, -0.2) is 23.0 Å². The third kappa shape index (κ3) is 1.31. The van der Waals surface area contributed by atoms with Crippen LogP contribution in [0.4, 0.5) is 10.6 Å². The molecule has 0 spiro atoms. The van der Waals surface area contributed by atoms with Crippen molar-refractivity contribution in [1.29, 1.82) is 5.26 Å². The first-order chi connectivity index (χ1) is 6.11. The van der Waals surface area contributed by atoms with E-state index in [1.54, 1.807) is 6.92 Å². The van der Waals surface area contributed by atoms with Gasteiger partial charge in [-0.25, -0.2) is 4.79 Å². The SMILES string of the molecule is COC(=O)n1nc(C)c(C#N)c1N. The molecule has 0 aliphatic rings. The summed E-state index contributed by atoms with van der Waals surface area (Å²) in [5.41, 5.74) is 6.08. The summed E-state index contributed by atoms with van der Waals surface area (Å²) < 4.78 is 5.26. The third-order valence-electron chi connectivity index (χ3n) is 1.56. The third-order valence-corrected chi connectivity index (χ3v) is 1.56. The molecule has 0 fully saturated rings. The van der Waals surface area contributed by atoms with Gasteiger partial charge < -0.3 is 10.5 Å². The van der Waals surface area contributed by atoms with Crippen LogP contribution in [0.15, 0.2) is 0 Å². The van der Waals surface area contributed by atoms with Crippen LogP contribution in [0.25, 0.3) is 0 Å². The molecule has 0 aliphatic carbocycles. The van der Waals surface area contributed by atoms with Gasteiger partial charge in [-0.3, -0.25) is 0 Å². The molecule has 0 atom stereocenters. The molecule has 1 aromatic rings. The van der Waals surface area contributed by atoms with Crippen LogP contribution in [0.5, 0.6) is 0 Å². The Balaban J connectivity index is 3.28. The van der Waals surface area contributed by atoms with Gasteiger partial charge in [-0.05, 0) is 6.92 Å². The molecule has 0 aliphatic heterocycles. The molecule has 0 saturated carbocycles. The van der Waals surface area contributed by atoms with Gasteiger partial charge in [0.1, 0.15) is 11.6 Å². The largest absolute Gasteiger partial charge is 0.451 e. The number of methoxy groups -OCH3 is 1. The Hall–Kier alpha value is -2.03. The second kappa shape index (κ2) is 3.15. The Kier molecular flexibility index (Phi) is 2.19. The summed E-state index contributed by atoms with van der Waals surface area (Å²) in [7, 11) is 1.21. The molecule has 1 rings (SSSR count). The highest BCUT2D eigenvalue weighted by Gasteiger charge is 2.16. The monoisotopic (exact) mass is 180 g/mol. The summed E-state index contributed by atoms with van der Waals surface area (Å²) >= 11 is 0. The molecule has 0 radical (unpaired) electrons. The van der Waals surface area contributed by atoms with Crippen molar-refractivity contribution in [3.8, 4) is 6.07 Å². The van der Waals surface area contributed by atoms with E-state index in [-0.39, 0.29) is 11.4 Å². The van der Waals surface area contributed by atoms with Crippen molar-refractivity contribution in [2.75, 3.05) is 12.8 Å². The molecular formula is C7H8N4O2. The number of nitrogens with zero attached hydrogens (tertiary/aromatic N) is 3. The van der Waals surface area contributed by atoms with Crippen LogP contribution in [0.2, 0.25) is 0 Å². The van der Waals surface area contributed by atoms with Crippen LogP contribution in [0.1, 0.15) is 11.3 Å². The predicted molar refractivity (Wildman–Crippen MR) is 43.9 cm³/mol. The number of anilines is 1. The number of hydrogen-bond acceptors (Lipinski definition) is 5. The van der Waals surface area contributed by atoms with Crippen LogP contribution in [-0.2, 0) is 4.74 Å². The normalized spacial score (nSPS) is 9.31. The maximum atomic E-state index is 11.0. The molecule has 68 valence electrons. The molecule has 0 aromatic carbocycles.